The first-order valence-corrected chi connectivity index (χ1v) is 7.90. The Morgan fingerprint density at radius 2 is 1.95 bits per heavy atom. The number of benzene rings is 1. The van der Waals surface area contributed by atoms with Gasteiger partial charge >= 0.3 is 0 Å². The Kier molecular flexibility index (Phi) is 4.06. The molecule has 0 saturated heterocycles. The summed E-state index contributed by atoms with van der Waals surface area (Å²) in [6.45, 7) is 0.543. The van der Waals surface area contributed by atoms with E-state index < -0.39 is 0 Å². The van der Waals surface area contributed by atoms with Crippen LogP contribution in [-0.4, -0.2) is 18.5 Å². The minimum absolute atomic E-state index is 0.0436. The Hall–Kier alpha value is -1.35. The van der Waals surface area contributed by atoms with Crippen LogP contribution in [0.5, 0.6) is 0 Å². The molecule has 3 nitrogen and oxygen atoms in total. The van der Waals surface area contributed by atoms with Gasteiger partial charge in [0.2, 0.25) is 0 Å². The summed E-state index contributed by atoms with van der Waals surface area (Å²) in [5.41, 5.74) is 9.41. The third kappa shape index (κ3) is 2.73. The van der Waals surface area contributed by atoms with Crippen molar-refractivity contribution in [1.29, 1.82) is 0 Å². The van der Waals surface area contributed by atoms with Gasteiger partial charge < -0.3 is 11.1 Å². The molecule has 1 fully saturated rings. The number of hydrogen-bond acceptors (Lipinski definition) is 2. The van der Waals surface area contributed by atoms with Crippen molar-refractivity contribution in [2.45, 2.75) is 51.0 Å². The first kappa shape index (κ1) is 13.6. The van der Waals surface area contributed by atoms with Crippen LogP contribution in [0.2, 0.25) is 0 Å². The average molecular weight is 272 g/mol. The number of fused-ring (bicyclic) bond motifs is 1. The molecule has 0 aliphatic heterocycles. The summed E-state index contributed by atoms with van der Waals surface area (Å²) in [6, 6.07) is 6.28. The van der Waals surface area contributed by atoms with Crippen molar-refractivity contribution in [2.75, 3.05) is 6.54 Å². The normalized spacial score (nSPS) is 19.9. The summed E-state index contributed by atoms with van der Waals surface area (Å²) in [7, 11) is 0. The fourth-order valence-corrected chi connectivity index (χ4v) is 3.69. The highest BCUT2D eigenvalue weighted by atomic mass is 16.1. The highest BCUT2D eigenvalue weighted by molar-refractivity contribution is 5.94. The Morgan fingerprint density at radius 3 is 2.70 bits per heavy atom. The van der Waals surface area contributed by atoms with Crippen LogP contribution in [0.25, 0.3) is 0 Å². The quantitative estimate of drug-likeness (QED) is 0.884. The fourth-order valence-electron chi connectivity index (χ4n) is 3.69. The zero-order valence-electron chi connectivity index (χ0n) is 12.0. The van der Waals surface area contributed by atoms with Gasteiger partial charge in [-0.2, -0.15) is 0 Å². The highest BCUT2D eigenvalue weighted by Crippen LogP contribution is 2.28. The number of rotatable bonds is 4. The Bertz CT molecular complexity index is 492. The second kappa shape index (κ2) is 5.96. The summed E-state index contributed by atoms with van der Waals surface area (Å²) in [5.74, 6) is 0.612. The van der Waals surface area contributed by atoms with Crippen LogP contribution in [0, 0.1) is 5.92 Å². The van der Waals surface area contributed by atoms with Crippen molar-refractivity contribution in [2.24, 2.45) is 11.7 Å². The van der Waals surface area contributed by atoms with Crippen LogP contribution in [0.4, 0.5) is 0 Å². The summed E-state index contributed by atoms with van der Waals surface area (Å²) in [6.07, 6.45) is 8.43. The molecule has 0 aromatic heterocycles. The van der Waals surface area contributed by atoms with E-state index >= 15 is 0 Å². The maximum Gasteiger partial charge on any atom is 0.251 e. The van der Waals surface area contributed by atoms with Gasteiger partial charge in [0.25, 0.3) is 5.91 Å². The minimum Gasteiger partial charge on any atom is -0.348 e. The van der Waals surface area contributed by atoms with Crippen molar-refractivity contribution >= 4 is 5.91 Å². The summed E-state index contributed by atoms with van der Waals surface area (Å²) < 4.78 is 0. The van der Waals surface area contributed by atoms with E-state index in [-0.39, 0.29) is 11.9 Å². The molecular weight excluding hydrogens is 248 g/mol. The van der Waals surface area contributed by atoms with Gasteiger partial charge in [0.1, 0.15) is 0 Å². The van der Waals surface area contributed by atoms with Gasteiger partial charge in [0.15, 0.2) is 0 Å². The SMILES string of the molecule is NCC(NC(=O)c1ccc2c(c1)CCC2)C1CCCC1. The molecule has 0 spiro atoms. The lowest BCUT2D eigenvalue weighted by atomic mass is 9.97. The lowest BCUT2D eigenvalue weighted by molar-refractivity contribution is 0.0924. The summed E-state index contributed by atoms with van der Waals surface area (Å²) in [4.78, 5) is 12.4. The van der Waals surface area contributed by atoms with Crippen LogP contribution in [0.3, 0.4) is 0 Å². The average Bonchev–Trinajstić information content (AvgIpc) is 3.14. The molecule has 108 valence electrons. The second-order valence-corrected chi connectivity index (χ2v) is 6.20. The molecule has 1 atom stereocenters. The van der Waals surface area contributed by atoms with Gasteiger partial charge in [-0.25, -0.2) is 0 Å². The van der Waals surface area contributed by atoms with Crippen LogP contribution in [-0.2, 0) is 12.8 Å². The van der Waals surface area contributed by atoms with Crippen LogP contribution >= 0.6 is 0 Å². The molecule has 2 aliphatic carbocycles. The number of nitrogens with one attached hydrogen (secondary N) is 1. The highest BCUT2D eigenvalue weighted by Gasteiger charge is 2.25. The number of amides is 1. The van der Waals surface area contributed by atoms with E-state index in [2.05, 4.69) is 17.4 Å². The third-order valence-corrected chi connectivity index (χ3v) is 4.90. The van der Waals surface area contributed by atoms with E-state index in [4.69, 9.17) is 5.73 Å². The molecule has 3 heteroatoms. The number of nitrogens with two attached hydrogens (primary N) is 1. The molecule has 1 saturated carbocycles. The molecule has 3 N–H and O–H groups in total. The number of hydrogen-bond donors (Lipinski definition) is 2. The molecule has 1 aromatic rings. The van der Waals surface area contributed by atoms with Crippen molar-refractivity contribution in [3.8, 4) is 0 Å². The Morgan fingerprint density at radius 1 is 1.20 bits per heavy atom. The van der Waals surface area contributed by atoms with Crippen LogP contribution in [0.1, 0.15) is 53.6 Å². The van der Waals surface area contributed by atoms with Gasteiger partial charge in [-0.05, 0) is 61.3 Å². The standard InChI is InChI=1S/C17H24N2O/c18-11-16(13-4-1-2-5-13)19-17(20)15-9-8-12-6-3-7-14(12)10-15/h8-10,13,16H,1-7,11,18H2,(H,19,20). The lowest BCUT2D eigenvalue weighted by Gasteiger charge is -2.23. The third-order valence-electron chi connectivity index (χ3n) is 4.90. The maximum atomic E-state index is 12.4. The number of carbonyl (C=O) groups excluding carboxylic acids is 1. The second-order valence-electron chi connectivity index (χ2n) is 6.20. The molecule has 1 amide bonds. The van der Waals surface area contributed by atoms with Crippen molar-refractivity contribution in [3.05, 3.63) is 34.9 Å². The molecule has 0 radical (unpaired) electrons. The zero-order valence-corrected chi connectivity index (χ0v) is 12.0. The van der Waals surface area contributed by atoms with Crippen LogP contribution in [0.15, 0.2) is 18.2 Å². The predicted molar refractivity (Wildman–Crippen MR) is 80.7 cm³/mol. The van der Waals surface area contributed by atoms with Crippen LogP contribution < -0.4 is 11.1 Å². The topological polar surface area (TPSA) is 55.1 Å². The summed E-state index contributed by atoms with van der Waals surface area (Å²) in [5, 5.41) is 3.15. The lowest BCUT2D eigenvalue weighted by Crippen LogP contribution is -2.44. The molecule has 2 aliphatic rings. The van der Waals surface area contributed by atoms with Crippen molar-refractivity contribution in [3.63, 3.8) is 0 Å². The van der Waals surface area contributed by atoms with Crippen molar-refractivity contribution in [1.82, 2.24) is 5.32 Å². The molecule has 0 bridgehead atoms. The van der Waals surface area contributed by atoms with E-state index in [1.807, 2.05) is 6.07 Å². The predicted octanol–water partition coefficient (Wildman–Crippen LogP) is 2.42. The first-order chi connectivity index (χ1) is 9.78. The smallest absolute Gasteiger partial charge is 0.251 e. The molecule has 1 aromatic carbocycles. The number of aryl methyl sites for hydroxylation is 2. The van der Waals surface area contributed by atoms with E-state index in [0.717, 1.165) is 18.4 Å². The van der Waals surface area contributed by atoms with Crippen molar-refractivity contribution < 1.29 is 4.79 Å². The zero-order chi connectivity index (χ0) is 13.9. The minimum atomic E-state index is 0.0436. The number of carbonyl (C=O) groups is 1. The molecule has 3 rings (SSSR count). The van der Waals surface area contributed by atoms with E-state index in [1.165, 1.54) is 43.2 Å². The van der Waals surface area contributed by atoms with Gasteiger partial charge in [-0.15, -0.1) is 0 Å². The largest absolute Gasteiger partial charge is 0.348 e. The van der Waals surface area contributed by atoms with E-state index in [0.29, 0.717) is 12.5 Å². The Labute approximate surface area is 120 Å². The molecule has 20 heavy (non-hydrogen) atoms. The van der Waals surface area contributed by atoms with Gasteiger partial charge in [-0.3, -0.25) is 4.79 Å². The van der Waals surface area contributed by atoms with Gasteiger partial charge in [0, 0.05) is 18.2 Å². The molecular formula is C17H24N2O. The van der Waals surface area contributed by atoms with E-state index in [1.54, 1.807) is 0 Å². The monoisotopic (exact) mass is 272 g/mol. The summed E-state index contributed by atoms with van der Waals surface area (Å²) >= 11 is 0. The maximum absolute atomic E-state index is 12.4. The first-order valence-electron chi connectivity index (χ1n) is 7.90. The molecule has 0 heterocycles. The van der Waals surface area contributed by atoms with Gasteiger partial charge in [-0.1, -0.05) is 18.9 Å². The van der Waals surface area contributed by atoms with E-state index in [9.17, 15) is 4.79 Å². The van der Waals surface area contributed by atoms with Gasteiger partial charge in [0.05, 0.1) is 0 Å². The fraction of sp³-hybridized carbons (Fsp3) is 0.588. The Balaban J connectivity index is 1.68. The molecule has 1 unspecified atom stereocenters.